The summed E-state index contributed by atoms with van der Waals surface area (Å²) in [6, 6.07) is 17.3. The normalized spacial score (nSPS) is 12.5. The Morgan fingerprint density at radius 3 is 2.35 bits per heavy atom. The van der Waals surface area contributed by atoms with E-state index in [2.05, 4.69) is 10.6 Å². The third-order valence-electron chi connectivity index (χ3n) is 3.71. The lowest BCUT2D eigenvalue weighted by molar-refractivity contribution is 0.0636. The molecule has 0 radical (unpaired) electrons. The van der Waals surface area contributed by atoms with Gasteiger partial charge in [0.1, 0.15) is 5.60 Å². The minimum absolute atomic E-state index is 0.457. The van der Waals surface area contributed by atoms with Crippen molar-refractivity contribution in [3.63, 3.8) is 0 Å². The monoisotopic (exact) mass is 356 g/mol. The van der Waals surface area contributed by atoms with E-state index in [4.69, 9.17) is 4.74 Å². The summed E-state index contributed by atoms with van der Waals surface area (Å²) in [5.41, 5.74) is 2.26. The first kappa shape index (κ1) is 19.9. The molecular weight excluding hydrogens is 328 g/mol. The van der Waals surface area contributed by atoms with E-state index in [1.54, 1.807) is 0 Å². The summed E-state index contributed by atoms with van der Waals surface area (Å²) in [4.78, 5) is 11.7. The molecule has 1 amide bonds. The van der Waals surface area contributed by atoms with Crippen LogP contribution in [0.25, 0.3) is 0 Å². The average Bonchev–Trinajstić information content (AvgIpc) is 2.59. The highest BCUT2D eigenvalue weighted by Crippen LogP contribution is 2.14. The number of hydrogen-bond acceptors (Lipinski definition) is 4. The van der Waals surface area contributed by atoms with Crippen molar-refractivity contribution >= 4 is 11.8 Å². The lowest BCUT2D eigenvalue weighted by atomic mass is 10.1. The van der Waals surface area contributed by atoms with Crippen LogP contribution in [-0.2, 0) is 11.2 Å². The first-order valence-corrected chi connectivity index (χ1v) is 8.86. The van der Waals surface area contributed by atoms with Gasteiger partial charge in [0.05, 0.1) is 6.10 Å². The van der Waals surface area contributed by atoms with Gasteiger partial charge in [-0.15, -0.1) is 0 Å². The van der Waals surface area contributed by atoms with E-state index in [1.807, 2.05) is 75.4 Å². The van der Waals surface area contributed by atoms with Crippen LogP contribution in [0.1, 0.15) is 38.0 Å². The second-order valence-electron chi connectivity index (χ2n) is 7.20. The molecule has 2 aromatic carbocycles. The van der Waals surface area contributed by atoms with Crippen LogP contribution in [0.2, 0.25) is 0 Å². The topological polar surface area (TPSA) is 70.6 Å². The second-order valence-corrected chi connectivity index (χ2v) is 7.20. The molecule has 5 heteroatoms. The minimum atomic E-state index is -0.514. The number of carbonyl (C=O) groups is 1. The molecule has 2 rings (SSSR count). The van der Waals surface area contributed by atoms with Gasteiger partial charge in [0.25, 0.3) is 0 Å². The lowest BCUT2D eigenvalue weighted by Gasteiger charge is -2.19. The van der Waals surface area contributed by atoms with Gasteiger partial charge in [-0.05, 0) is 57.0 Å². The first-order valence-electron chi connectivity index (χ1n) is 8.86. The van der Waals surface area contributed by atoms with E-state index in [0.29, 0.717) is 12.2 Å². The Morgan fingerprint density at radius 2 is 1.73 bits per heavy atom. The molecule has 0 spiro atoms. The molecule has 0 aromatic heterocycles. The molecule has 26 heavy (non-hydrogen) atoms. The van der Waals surface area contributed by atoms with Crippen molar-refractivity contribution in [2.45, 2.75) is 38.9 Å². The summed E-state index contributed by atoms with van der Waals surface area (Å²) in [7, 11) is 0. The Labute approximate surface area is 155 Å². The zero-order valence-electron chi connectivity index (χ0n) is 15.7. The van der Waals surface area contributed by atoms with Gasteiger partial charge in [-0.3, -0.25) is 5.32 Å². The highest BCUT2D eigenvalue weighted by atomic mass is 16.6. The largest absolute Gasteiger partial charge is 0.444 e. The molecule has 0 heterocycles. The Bertz CT molecular complexity index is 679. The average molecular weight is 356 g/mol. The summed E-state index contributed by atoms with van der Waals surface area (Å²) < 4.78 is 5.23. The molecule has 0 aliphatic carbocycles. The van der Waals surface area contributed by atoms with Crippen molar-refractivity contribution in [1.29, 1.82) is 0 Å². The number of carbonyl (C=O) groups excluding carboxylic acids is 1. The molecule has 0 saturated carbocycles. The fourth-order valence-corrected chi connectivity index (χ4v) is 2.44. The van der Waals surface area contributed by atoms with Crippen molar-refractivity contribution in [2.24, 2.45) is 0 Å². The van der Waals surface area contributed by atoms with Crippen molar-refractivity contribution in [3.05, 3.63) is 65.7 Å². The Morgan fingerprint density at radius 1 is 1.08 bits per heavy atom. The van der Waals surface area contributed by atoms with Crippen LogP contribution in [0.4, 0.5) is 10.5 Å². The molecule has 1 atom stereocenters. The fraction of sp³-hybridized carbons (Fsp3) is 0.381. The molecule has 3 N–H and O–H groups in total. The maximum Gasteiger partial charge on any atom is 0.412 e. The molecule has 0 aliphatic heterocycles. The van der Waals surface area contributed by atoms with Crippen LogP contribution in [0.5, 0.6) is 0 Å². The zero-order chi connectivity index (χ0) is 19.0. The van der Waals surface area contributed by atoms with Crippen LogP contribution >= 0.6 is 0 Å². The van der Waals surface area contributed by atoms with Crippen molar-refractivity contribution in [3.8, 4) is 0 Å². The minimum Gasteiger partial charge on any atom is -0.444 e. The predicted octanol–water partition coefficient (Wildman–Crippen LogP) is 3.90. The van der Waals surface area contributed by atoms with Crippen LogP contribution < -0.4 is 10.6 Å². The quantitative estimate of drug-likeness (QED) is 0.658. The van der Waals surface area contributed by atoms with Crippen molar-refractivity contribution in [1.82, 2.24) is 5.32 Å². The van der Waals surface area contributed by atoms with Gasteiger partial charge in [-0.1, -0.05) is 42.5 Å². The van der Waals surface area contributed by atoms with Gasteiger partial charge in [0, 0.05) is 12.2 Å². The fourth-order valence-electron chi connectivity index (χ4n) is 2.44. The maximum absolute atomic E-state index is 11.7. The third kappa shape index (κ3) is 7.25. The Balaban J connectivity index is 1.71. The lowest BCUT2D eigenvalue weighted by Crippen LogP contribution is -2.27. The highest BCUT2D eigenvalue weighted by Gasteiger charge is 2.16. The molecule has 0 unspecified atom stereocenters. The number of aliphatic hydroxyl groups is 1. The number of aliphatic hydroxyl groups excluding tert-OH is 1. The number of amides is 1. The van der Waals surface area contributed by atoms with Crippen molar-refractivity contribution in [2.75, 3.05) is 18.4 Å². The summed E-state index contributed by atoms with van der Waals surface area (Å²) in [5.74, 6) is 0. The summed E-state index contributed by atoms with van der Waals surface area (Å²) in [6.45, 7) is 6.78. The summed E-state index contributed by atoms with van der Waals surface area (Å²) >= 11 is 0. The smallest absolute Gasteiger partial charge is 0.412 e. The van der Waals surface area contributed by atoms with E-state index in [0.717, 1.165) is 24.1 Å². The third-order valence-corrected chi connectivity index (χ3v) is 3.71. The molecule has 2 aromatic rings. The maximum atomic E-state index is 11.7. The van der Waals surface area contributed by atoms with Gasteiger partial charge in [0.15, 0.2) is 0 Å². The van der Waals surface area contributed by atoms with Crippen LogP contribution in [0, 0.1) is 0 Å². The molecular formula is C21H28N2O3. The Hall–Kier alpha value is -2.37. The standard InChI is InChI=1S/C21H28N2O3/c1-21(2,3)26-20(25)23-18-11-9-16(10-12-18)13-14-22-15-19(24)17-7-5-4-6-8-17/h4-12,19,22,24H,13-15H2,1-3H3,(H,23,25)/t19-/m0/s1. The number of benzene rings is 2. The number of hydrogen-bond donors (Lipinski definition) is 3. The molecule has 0 saturated heterocycles. The van der Waals surface area contributed by atoms with E-state index >= 15 is 0 Å². The van der Waals surface area contributed by atoms with Gasteiger partial charge >= 0.3 is 6.09 Å². The first-order chi connectivity index (χ1) is 12.3. The van der Waals surface area contributed by atoms with Gasteiger partial charge in [-0.2, -0.15) is 0 Å². The zero-order valence-corrected chi connectivity index (χ0v) is 15.7. The number of rotatable bonds is 7. The SMILES string of the molecule is CC(C)(C)OC(=O)Nc1ccc(CCNC[C@H](O)c2ccccc2)cc1. The summed E-state index contributed by atoms with van der Waals surface area (Å²) in [6.07, 6.45) is -0.118. The molecule has 0 fully saturated rings. The van der Waals surface area contributed by atoms with E-state index in [1.165, 1.54) is 0 Å². The molecule has 0 bridgehead atoms. The predicted molar refractivity (Wildman–Crippen MR) is 104 cm³/mol. The second kappa shape index (κ2) is 9.36. The number of ether oxygens (including phenoxy) is 1. The van der Waals surface area contributed by atoms with Crippen LogP contribution in [-0.4, -0.2) is 29.9 Å². The molecule has 140 valence electrons. The van der Waals surface area contributed by atoms with Crippen LogP contribution in [0.3, 0.4) is 0 Å². The van der Waals surface area contributed by atoms with E-state index < -0.39 is 17.8 Å². The number of anilines is 1. The summed E-state index contributed by atoms with van der Waals surface area (Å²) in [5, 5.41) is 16.1. The number of nitrogens with one attached hydrogen (secondary N) is 2. The molecule has 5 nitrogen and oxygen atoms in total. The van der Waals surface area contributed by atoms with Crippen molar-refractivity contribution < 1.29 is 14.6 Å². The van der Waals surface area contributed by atoms with Gasteiger partial charge in [0.2, 0.25) is 0 Å². The Kier molecular flexibility index (Phi) is 7.18. The van der Waals surface area contributed by atoms with Gasteiger partial charge in [-0.25, -0.2) is 4.79 Å². The highest BCUT2D eigenvalue weighted by molar-refractivity contribution is 5.84. The van der Waals surface area contributed by atoms with Crippen LogP contribution in [0.15, 0.2) is 54.6 Å². The molecule has 0 aliphatic rings. The van der Waals surface area contributed by atoms with Gasteiger partial charge < -0.3 is 15.2 Å². The van der Waals surface area contributed by atoms with E-state index in [9.17, 15) is 9.90 Å². The van der Waals surface area contributed by atoms with E-state index in [-0.39, 0.29) is 0 Å².